The zero-order chi connectivity index (χ0) is 39.6. The van der Waals surface area contributed by atoms with E-state index >= 15 is 0 Å². The summed E-state index contributed by atoms with van der Waals surface area (Å²) >= 11 is 1.82. The molecule has 0 saturated heterocycles. The molecule has 0 N–H and O–H groups in total. The van der Waals surface area contributed by atoms with Gasteiger partial charge in [-0.25, -0.2) is 4.98 Å². The molecule has 0 atom stereocenters. The molecule has 1 aliphatic carbocycles. The summed E-state index contributed by atoms with van der Waals surface area (Å²) in [5.41, 5.74) is 17.1. The highest BCUT2D eigenvalue weighted by Gasteiger charge is 2.24. The van der Waals surface area contributed by atoms with E-state index in [0.717, 1.165) is 60.6 Å². The molecule has 0 aliphatic heterocycles. The third-order valence-electron chi connectivity index (χ3n) is 12.6. The van der Waals surface area contributed by atoms with Crippen LogP contribution in [0.2, 0.25) is 0 Å². The van der Waals surface area contributed by atoms with Gasteiger partial charge in [-0.1, -0.05) is 122 Å². The monoisotopic (exact) mass is 783 g/mol. The highest BCUT2D eigenvalue weighted by molar-refractivity contribution is 7.25. The molecule has 13 rings (SSSR count). The van der Waals surface area contributed by atoms with Gasteiger partial charge in [-0.3, -0.25) is 4.57 Å². The molecular formula is C55H33N3OS. The van der Waals surface area contributed by atoms with Crippen molar-refractivity contribution in [1.82, 2.24) is 14.5 Å². The van der Waals surface area contributed by atoms with Gasteiger partial charge in [0.05, 0.1) is 22.1 Å². The normalized spacial score (nSPS) is 12.4. The van der Waals surface area contributed by atoms with Crippen LogP contribution >= 0.6 is 11.3 Å². The Bertz CT molecular complexity index is 3750. The van der Waals surface area contributed by atoms with Gasteiger partial charge in [0.2, 0.25) is 11.7 Å². The van der Waals surface area contributed by atoms with Gasteiger partial charge in [-0.15, -0.1) is 11.3 Å². The number of fused-ring (bicyclic) bond motifs is 15. The van der Waals surface area contributed by atoms with Gasteiger partial charge in [-0.2, -0.15) is 4.98 Å². The molecule has 0 spiro atoms. The summed E-state index contributed by atoms with van der Waals surface area (Å²) in [6.45, 7) is 6.85. The number of hydrogen-bond donors (Lipinski definition) is 0. The van der Waals surface area contributed by atoms with Crippen molar-refractivity contribution in [1.29, 1.82) is 0 Å². The SMILES string of the molecule is C=C1c2ccccc2-c2cc(-c3ccc4c(c3)c3ccccc3n4-c3nc(-c4ccc5sc6ccccc6c5c4)c4c(n3)oc3ccccc34)cc(c2C)-c2ccccc21. The topological polar surface area (TPSA) is 43.9 Å². The number of para-hydroxylation sites is 2. The standard InChI is InChI=1S/C55H33N3OS/c1-31-36-13-3-5-15-38(36)43-29-35(30-44(32(43)2)39-16-6-4-14-37(31)39)33-23-25-48-45(27-33)40-17-7-10-20-47(40)58(48)55-56-53(52-42-19-8-11-21-49(42)59-54(52)57-55)34-24-26-51-46(28-34)41-18-9-12-22-50(41)60-51/h3-30H,1H2,2H3. The number of nitrogens with zero attached hydrogens (tertiary/aromatic N) is 3. The number of aromatic nitrogens is 3. The Kier molecular flexibility index (Phi) is 6.93. The number of furan rings is 1. The Hall–Kier alpha value is -7.60. The van der Waals surface area contributed by atoms with Crippen LogP contribution in [-0.2, 0) is 0 Å². The van der Waals surface area contributed by atoms with Crippen LogP contribution in [0.1, 0.15) is 16.7 Å². The zero-order valence-electron chi connectivity index (χ0n) is 32.5. The van der Waals surface area contributed by atoms with Crippen LogP contribution in [0, 0.1) is 6.92 Å². The second kappa shape index (κ2) is 12.5. The second-order valence-electron chi connectivity index (χ2n) is 15.8. The van der Waals surface area contributed by atoms with E-state index in [9.17, 15) is 0 Å². The second-order valence-corrected chi connectivity index (χ2v) is 16.9. The van der Waals surface area contributed by atoms with Crippen molar-refractivity contribution in [2.45, 2.75) is 6.92 Å². The van der Waals surface area contributed by atoms with E-state index < -0.39 is 0 Å². The maximum Gasteiger partial charge on any atom is 0.238 e. The molecule has 4 aromatic heterocycles. The molecule has 0 fully saturated rings. The van der Waals surface area contributed by atoms with E-state index in [1.165, 1.54) is 64.7 Å². The van der Waals surface area contributed by atoms with E-state index in [0.29, 0.717) is 11.7 Å². The Morgan fingerprint density at radius 3 is 1.87 bits per heavy atom. The molecule has 4 heterocycles. The Labute approximate surface area is 348 Å². The molecule has 0 amide bonds. The number of rotatable bonds is 3. The minimum atomic E-state index is 0.568. The van der Waals surface area contributed by atoms with Gasteiger partial charge in [0, 0.05) is 41.9 Å². The lowest BCUT2D eigenvalue weighted by atomic mass is 9.79. The predicted octanol–water partition coefficient (Wildman–Crippen LogP) is 15.2. The molecule has 4 nitrogen and oxygen atoms in total. The van der Waals surface area contributed by atoms with Crippen molar-refractivity contribution in [2.24, 2.45) is 0 Å². The van der Waals surface area contributed by atoms with Gasteiger partial charge >= 0.3 is 0 Å². The fourth-order valence-electron chi connectivity index (χ4n) is 9.71. The van der Waals surface area contributed by atoms with Gasteiger partial charge < -0.3 is 4.42 Å². The Morgan fingerprint density at radius 1 is 0.483 bits per heavy atom. The highest BCUT2D eigenvalue weighted by atomic mass is 32.1. The average molecular weight is 784 g/mol. The molecule has 0 saturated carbocycles. The van der Waals surface area contributed by atoms with Gasteiger partial charge in [0.1, 0.15) is 5.58 Å². The fraction of sp³-hybridized carbons (Fsp3) is 0.0182. The fourth-order valence-corrected chi connectivity index (χ4v) is 10.8. The molecule has 2 bridgehead atoms. The minimum absolute atomic E-state index is 0.568. The first-order valence-corrected chi connectivity index (χ1v) is 21.1. The summed E-state index contributed by atoms with van der Waals surface area (Å²) in [6.07, 6.45) is 0. The van der Waals surface area contributed by atoms with Crippen molar-refractivity contribution in [3.63, 3.8) is 0 Å². The zero-order valence-corrected chi connectivity index (χ0v) is 33.3. The van der Waals surface area contributed by atoms with Crippen molar-refractivity contribution in [3.8, 4) is 50.6 Å². The average Bonchev–Trinajstić information content (AvgIpc) is 3.97. The molecule has 0 radical (unpaired) electrons. The van der Waals surface area contributed by atoms with Gasteiger partial charge in [0.25, 0.3) is 0 Å². The lowest BCUT2D eigenvalue weighted by molar-refractivity contribution is 0.651. The van der Waals surface area contributed by atoms with Crippen LogP contribution in [0.15, 0.2) is 181 Å². The summed E-state index contributed by atoms with van der Waals surface area (Å²) in [5.74, 6) is 0.571. The van der Waals surface area contributed by atoms with Crippen molar-refractivity contribution >= 4 is 81.0 Å². The number of hydrogen-bond acceptors (Lipinski definition) is 4. The van der Waals surface area contributed by atoms with Gasteiger partial charge in [0.15, 0.2) is 0 Å². The Morgan fingerprint density at radius 2 is 1.08 bits per heavy atom. The molecule has 1 aliphatic rings. The molecular weight excluding hydrogens is 751 g/mol. The van der Waals surface area contributed by atoms with E-state index in [1.54, 1.807) is 0 Å². The summed E-state index contributed by atoms with van der Waals surface area (Å²) in [6, 6.07) is 61.0. The largest absolute Gasteiger partial charge is 0.437 e. The summed E-state index contributed by atoms with van der Waals surface area (Å²) in [4.78, 5) is 10.7. The summed E-state index contributed by atoms with van der Waals surface area (Å²) < 4.78 is 11.3. The third kappa shape index (κ3) is 4.72. The van der Waals surface area contributed by atoms with Crippen LogP contribution in [0.5, 0.6) is 0 Å². The minimum Gasteiger partial charge on any atom is -0.437 e. The summed E-state index contributed by atoms with van der Waals surface area (Å²) in [5, 5.41) is 6.67. The molecule has 280 valence electrons. The lowest BCUT2D eigenvalue weighted by Gasteiger charge is -2.24. The van der Waals surface area contributed by atoms with Crippen LogP contribution in [0.25, 0.3) is 120 Å². The molecule has 8 aromatic carbocycles. The number of benzene rings is 8. The summed E-state index contributed by atoms with van der Waals surface area (Å²) in [7, 11) is 0. The van der Waals surface area contributed by atoms with E-state index in [2.05, 4.69) is 176 Å². The van der Waals surface area contributed by atoms with Crippen LogP contribution in [0.4, 0.5) is 0 Å². The maximum absolute atomic E-state index is 6.55. The first kappa shape index (κ1) is 33.4. The maximum atomic E-state index is 6.55. The van der Waals surface area contributed by atoms with Crippen molar-refractivity contribution in [3.05, 3.63) is 193 Å². The quantitative estimate of drug-likeness (QED) is 0.179. The highest BCUT2D eigenvalue weighted by Crippen LogP contribution is 2.46. The predicted molar refractivity (Wildman–Crippen MR) is 251 cm³/mol. The van der Waals surface area contributed by atoms with Crippen LogP contribution < -0.4 is 0 Å². The van der Waals surface area contributed by atoms with Crippen LogP contribution in [0.3, 0.4) is 0 Å². The molecule has 12 aromatic rings. The Balaban J connectivity index is 1.05. The van der Waals surface area contributed by atoms with E-state index in [4.69, 9.17) is 14.4 Å². The molecule has 5 heteroatoms. The van der Waals surface area contributed by atoms with Crippen molar-refractivity contribution in [2.75, 3.05) is 0 Å². The number of thiophene rings is 1. The van der Waals surface area contributed by atoms with Crippen LogP contribution in [-0.4, -0.2) is 14.5 Å². The molecule has 60 heavy (non-hydrogen) atoms. The smallest absolute Gasteiger partial charge is 0.238 e. The third-order valence-corrected chi connectivity index (χ3v) is 13.7. The lowest BCUT2D eigenvalue weighted by Crippen LogP contribution is -2.03. The first-order valence-electron chi connectivity index (χ1n) is 20.3. The molecule has 0 unspecified atom stereocenters. The van der Waals surface area contributed by atoms with E-state index in [-0.39, 0.29) is 0 Å². The van der Waals surface area contributed by atoms with Gasteiger partial charge in [-0.05, 0) is 117 Å². The van der Waals surface area contributed by atoms with Crippen molar-refractivity contribution < 1.29 is 4.42 Å². The first-order chi connectivity index (χ1) is 29.6. The van der Waals surface area contributed by atoms with E-state index in [1.807, 2.05) is 23.5 Å².